The molecule has 0 aliphatic heterocycles. The van der Waals surface area contributed by atoms with Gasteiger partial charge in [-0.25, -0.2) is 8.42 Å². The number of guanidine groups is 1. The largest absolute Gasteiger partial charge is 0.357 e. The molecule has 0 heterocycles. The lowest BCUT2D eigenvalue weighted by molar-refractivity contribution is 0.455. The number of nitrogens with zero attached hydrogens (tertiary/aromatic N) is 2. The number of hydrogen-bond acceptors (Lipinski definition) is 3. The zero-order valence-electron chi connectivity index (χ0n) is 16.9. The fraction of sp³-hybridized carbons (Fsp3) is 0.571. The lowest BCUT2D eigenvalue weighted by atomic mass is 10.2. The molecule has 0 fully saturated rings. The van der Waals surface area contributed by atoms with Crippen molar-refractivity contribution in [1.29, 1.82) is 0 Å². The first-order valence-electron chi connectivity index (χ1n) is 9.83. The van der Waals surface area contributed by atoms with Crippen LogP contribution in [0, 0.1) is 0 Å². The molecule has 0 aliphatic carbocycles. The molecule has 0 saturated carbocycles. The van der Waals surface area contributed by atoms with Gasteiger partial charge in [0.05, 0.1) is 11.5 Å². The van der Waals surface area contributed by atoms with E-state index in [0.717, 1.165) is 37.5 Å². The summed E-state index contributed by atoms with van der Waals surface area (Å²) in [6.07, 6.45) is 7.02. The van der Waals surface area contributed by atoms with E-state index in [9.17, 15) is 8.42 Å². The molecule has 0 radical (unpaired) electrons. The van der Waals surface area contributed by atoms with Gasteiger partial charge < -0.3 is 10.2 Å². The summed E-state index contributed by atoms with van der Waals surface area (Å²) in [7, 11) is -1.07. The molecule has 0 saturated heterocycles. The molecule has 1 rings (SSSR count). The standard InChI is InChI=1S/C21H35N3O2S/c1-4-6-7-8-12-17-24(3)21(22-5-2)23-16-13-18-27(25,26)19-20-14-10-9-11-15-20/h4,9-11,14-15H,1,5-8,12-13,16-19H2,2-3H3,(H,22,23). The lowest BCUT2D eigenvalue weighted by Gasteiger charge is -2.22. The highest BCUT2D eigenvalue weighted by atomic mass is 32.2. The Morgan fingerprint density at radius 2 is 1.93 bits per heavy atom. The van der Waals surface area contributed by atoms with Crippen molar-refractivity contribution in [3.8, 4) is 0 Å². The molecule has 0 amide bonds. The first-order valence-corrected chi connectivity index (χ1v) is 11.7. The fourth-order valence-corrected chi connectivity index (χ4v) is 4.17. The van der Waals surface area contributed by atoms with Crippen LogP contribution in [0.2, 0.25) is 0 Å². The Bertz CT molecular complexity index is 657. The van der Waals surface area contributed by atoms with Gasteiger partial charge >= 0.3 is 0 Å². The third-order valence-electron chi connectivity index (χ3n) is 4.20. The van der Waals surface area contributed by atoms with E-state index in [0.29, 0.717) is 13.0 Å². The molecule has 6 heteroatoms. The maximum Gasteiger partial charge on any atom is 0.193 e. The van der Waals surface area contributed by atoms with Crippen molar-refractivity contribution in [2.45, 2.75) is 44.8 Å². The zero-order valence-corrected chi connectivity index (χ0v) is 17.7. The highest BCUT2D eigenvalue weighted by Crippen LogP contribution is 2.07. The summed E-state index contributed by atoms with van der Waals surface area (Å²) < 4.78 is 24.5. The number of nitrogens with one attached hydrogen (secondary N) is 1. The van der Waals surface area contributed by atoms with Crippen molar-refractivity contribution >= 4 is 15.8 Å². The van der Waals surface area contributed by atoms with Crippen LogP contribution in [0.25, 0.3) is 0 Å². The number of aliphatic imine (C=N–C) groups is 1. The normalized spacial score (nSPS) is 12.0. The first-order chi connectivity index (χ1) is 13.0. The van der Waals surface area contributed by atoms with E-state index in [1.807, 2.05) is 50.4 Å². The number of allylic oxidation sites excluding steroid dienone is 1. The van der Waals surface area contributed by atoms with Crippen LogP contribution >= 0.6 is 0 Å². The second-order valence-electron chi connectivity index (χ2n) is 6.73. The summed E-state index contributed by atoms with van der Waals surface area (Å²) in [5, 5.41) is 3.28. The average Bonchev–Trinajstić information content (AvgIpc) is 2.64. The van der Waals surface area contributed by atoms with Crippen molar-refractivity contribution < 1.29 is 8.42 Å². The number of benzene rings is 1. The van der Waals surface area contributed by atoms with Crippen LogP contribution in [0.4, 0.5) is 0 Å². The number of hydrogen-bond donors (Lipinski definition) is 1. The second-order valence-corrected chi connectivity index (χ2v) is 8.91. The quantitative estimate of drug-likeness (QED) is 0.241. The number of rotatable bonds is 13. The maximum atomic E-state index is 12.3. The van der Waals surface area contributed by atoms with Crippen LogP contribution in [0.15, 0.2) is 48.0 Å². The Hall–Kier alpha value is -1.82. The minimum absolute atomic E-state index is 0.0994. The van der Waals surface area contributed by atoms with Gasteiger partial charge in [0, 0.05) is 26.7 Å². The minimum Gasteiger partial charge on any atom is -0.357 e. The summed E-state index contributed by atoms with van der Waals surface area (Å²) in [5.74, 6) is 1.11. The van der Waals surface area contributed by atoms with Crippen LogP contribution in [0.3, 0.4) is 0 Å². The molecule has 5 nitrogen and oxygen atoms in total. The molecule has 0 spiro atoms. The van der Waals surface area contributed by atoms with E-state index in [1.54, 1.807) is 0 Å². The third-order valence-corrected chi connectivity index (χ3v) is 5.89. The van der Waals surface area contributed by atoms with Gasteiger partial charge in [-0.3, -0.25) is 4.99 Å². The van der Waals surface area contributed by atoms with Crippen molar-refractivity contribution in [1.82, 2.24) is 10.2 Å². The van der Waals surface area contributed by atoms with E-state index < -0.39 is 9.84 Å². The third kappa shape index (κ3) is 10.8. The van der Waals surface area contributed by atoms with Gasteiger partial charge in [-0.2, -0.15) is 0 Å². The zero-order chi connectivity index (χ0) is 20.0. The Kier molecular flexibility index (Phi) is 11.5. The predicted molar refractivity (Wildman–Crippen MR) is 116 cm³/mol. The van der Waals surface area contributed by atoms with E-state index in [4.69, 9.17) is 0 Å². The molecule has 27 heavy (non-hydrogen) atoms. The number of unbranched alkanes of at least 4 members (excludes halogenated alkanes) is 3. The van der Waals surface area contributed by atoms with Crippen LogP contribution in [-0.4, -0.2) is 51.7 Å². The molecule has 1 N–H and O–H groups in total. The van der Waals surface area contributed by atoms with Gasteiger partial charge in [0.15, 0.2) is 15.8 Å². The molecule has 0 bridgehead atoms. The Labute approximate surface area is 165 Å². The van der Waals surface area contributed by atoms with Crippen molar-refractivity contribution in [2.75, 3.05) is 32.4 Å². The summed E-state index contributed by atoms with van der Waals surface area (Å²) >= 11 is 0. The van der Waals surface area contributed by atoms with Crippen LogP contribution in [0.1, 0.15) is 44.6 Å². The highest BCUT2D eigenvalue weighted by molar-refractivity contribution is 7.90. The molecule has 1 aromatic rings. The van der Waals surface area contributed by atoms with Gasteiger partial charge in [-0.15, -0.1) is 6.58 Å². The second kappa shape index (κ2) is 13.4. The monoisotopic (exact) mass is 393 g/mol. The van der Waals surface area contributed by atoms with Gasteiger partial charge in [-0.1, -0.05) is 42.8 Å². The minimum atomic E-state index is -3.10. The Morgan fingerprint density at radius 1 is 1.19 bits per heavy atom. The molecular formula is C21H35N3O2S. The van der Waals surface area contributed by atoms with Gasteiger partial charge in [-0.05, 0) is 38.2 Å². The summed E-state index contributed by atoms with van der Waals surface area (Å²) in [6.45, 7) is 8.03. The molecule has 1 aromatic carbocycles. The number of sulfone groups is 1. The maximum absolute atomic E-state index is 12.3. The molecule has 0 atom stereocenters. The molecule has 0 aromatic heterocycles. The average molecular weight is 394 g/mol. The van der Waals surface area contributed by atoms with Gasteiger partial charge in [0.1, 0.15) is 0 Å². The lowest BCUT2D eigenvalue weighted by Crippen LogP contribution is -2.39. The van der Waals surface area contributed by atoms with E-state index in [-0.39, 0.29) is 11.5 Å². The Morgan fingerprint density at radius 3 is 2.59 bits per heavy atom. The van der Waals surface area contributed by atoms with E-state index in [2.05, 4.69) is 21.8 Å². The SMILES string of the molecule is C=CCCCCCN(C)C(=NCCCS(=O)(=O)Cc1ccccc1)NCC. The molecule has 0 aliphatic rings. The topological polar surface area (TPSA) is 61.8 Å². The van der Waals surface area contributed by atoms with Crippen molar-refractivity contribution in [3.63, 3.8) is 0 Å². The smallest absolute Gasteiger partial charge is 0.193 e. The van der Waals surface area contributed by atoms with E-state index >= 15 is 0 Å². The fourth-order valence-electron chi connectivity index (χ4n) is 2.76. The van der Waals surface area contributed by atoms with Crippen LogP contribution in [0.5, 0.6) is 0 Å². The van der Waals surface area contributed by atoms with Gasteiger partial charge in [0.25, 0.3) is 0 Å². The summed E-state index contributed by atoms with van der Waals surface area (Å²) in [5.41, 5.74) is 0.838. The molecule has 0 unspecified atom stereocenters. The van der Waals surface area contributed by atoms with Gasteiger partial charge in [0.2, 0.25) is 0 Å². The van der Waals surface area contributed by atoms with Crippen molar-refractivity contribution in [2.24, 2.45) is 4.99 Å². The van der Waals surface area contributed by atoms with Crippen LogP contribution in [-0.2, 0) is 15.6 Å². The molecular weight excluding hydrogens is 358 g/mol. The highest BCUT2D eigenvalue weighted by Gasteiger charge is 2.12. The summed E-state index contributed by atoms with van der Waals surface area (Å²) in [4.78, 5) is 6.71. The van der Waals surface area contributed by atoms with Crippen LogP contribution < -0.4 is 5.32 Å². The first kappa shape index (κ1) is 23.2. The van der Waals surface area contributed by atoms with Crippen molar-refractivity contribution in [3.05, 3.63) is 48.6 Å². The Balaban J connectivity index is 2.42. The summed E-state index contributed by atoms with van der Waals surface area (Å²) in [6, 6.07) is 9.32. The molecule has 152 valence electrons. The predicted octanol–water partition coefficient (Wildman–Crippen LogP) is 3.64. The van der Waals surface area contributed by atoms with E-state index in [1.165, 1.54) is 12.8 Å².